The summed E-state index contributed by atoms with van der Waals surface area (Å²) in [5.41, 5.74) is 1.52. The Labute approximate surface area is 162 Å². The van der Waals surface area contributed by atoms with Crippen molar-refractivity contribution in [3.63, 3.8) is 0 Å². The first-order valence-corrected chi connectivity index (χ1v) is 8.93. The summed E-state index contributed by atoms with van der Waals surface area (Å²) in [4.78, 5) is 37.9. The van der Waals surface area contributed by atoms with E-state index >= 15 is 0 Å². The van der Waals surface area contributed by atoms with Gasteiger partial charge in [-0.25, -0.2) is 0 Å². The predicted molar refractivity (Wildman–Crippen MR) is 101 cm³/mol. The Balaban J connectivity index is 1.47. The third-order valence-corrected chi connectivity index (χ3v) is 4.45. The molecule has 1 aliphatic rings. The number of hydrogen-bond acceptors (Lipinski definition) is 4. The van der Waals surface area contributed by atoms with Gasteiger partial charge in [-0.2, -0.15) is 0 Å². The second kappa shape index (κ2) is 8.68. The fraction of sp³-hybridized carbons (Fsp3) is 0.250. The number of halogens is 1. The molecule has 1 saturated heterocycles. The number of carbonyl (C=O) groups is 3. The monoisotopic (exact) mass is 386 g/mol. The SMILES string of the molecule is O=C(COC(=O)[C@@H]1CC(=O)N(Cc2ccccc2)C1)Nc1cccc(Cl)c1. The Kier molecular flexibility index (Phi) is 6.08. The van der Waals surface area contributed by atoms with E-state index in [0.29, 0.717) is 23.8 Å². The van der Waals surface area contributed by atoms with Crippen LogP contribution in [0.1, 0.15) is 12.0 Å². The number of carbonyl (C=O) groups excluding carboxylic acids is 3. The molecule has 1 aliphatic heterocycles. The smallest absolute Gasteiger partial charge is 0.311 e. The van der Waals surface area contributed by atoms with Crippen LogP contribution in [0.5, 0.6) is 0 Å². The molecule has 2 aromatic carbocycles. The number of benzene rings is 2. The third kappa shape index (κ3) is 5.31. The van der Waals surface area contributed by atoms with Crippen LogP contribution in [0, 0.1) is 5.92 Å². The van der Waals surface area contributed by atoms with Gasteiger partial charge in [0.2, 0.25) is 5.91 Å². The van der Waals surface area contributed by atoms with Gasteiger partial charge in [-0.3, -0.25) is 14.4 Å². The summed E-state index contributed by atoms with van der Waals surface area (Å²) in [6, 6.07) is 16.2. The second-order valence-corrected chi connectivity index (χ2v) is 6.76. The van der Waals surface area contributed by atoms with E-state index in [1.165, 1.54) is 0 Å². The topological polar surface area (TPSA) is 75.7 Å². The average Bonchev–Trinajstić information content (AvgIpc) is 3.01. The molecular weight excluding hydrogens is 368 g/mol. The van der Waals surface area contributed by atoms with E-state index < -0.39 is 24.4 Å². The Bertz CT molecular complexity index is 841. The van der Waals surface area contributed by atoms with Crippen LogP contribution in [0.25, 0.3) is 0 Å². The zero-order valence-electron chi connectivity index (χ0n) is 14.6. The Morgan fingerprint density at radius 2 is 1.93 bits per heavy atom. The lowest BCUT2D eigenvalue weighted by atomic mass is 10.1. The fourth-order valence-electron chi connectivity index (χ4n) is 2.90. The third-order valence-electron chi connectivity index (χ3n) is 4.22. The summed E-state index contributed by atoms with van der Waals surface area (Å²) in [6.45, 7) is 0.343. The molecule has 7 heteroatoms. The van der Waals surface area contributed by atoms with Crippen LogP contribution in [-0.2, 0) is 25.7 Å². The van der Waals surface area contributed by atoms with Gasteiger partial charge in [-0.15, -0.1) is 0 Å². The van der Waals surface area contributed by atoms with E-state index in [2.05, 4.69) is 5.32 Å². The highest BCUT2D eigenvalue weighted by Crippen LogP contribution is 2.21. The minimum absolute atomic E-state index is 0.0933. The lowest BCUT2D eigenvalue weighted by Gasteiger charge is -2.16. The van der Waals surface area contributed by atoms with Crippen molar-refractivity contribution in [1.82, 2.24) is 4.90 Å². The molecule has 0 radical (unpaired) electrons. The summed E-state index contributed by atoms with van der Waals surface area (Å²) >= 11 is 5.85. The molecule has 3 rings (SSSR count). The number of anilines is 1. The van der Waals surface area contributed by atoms with Crippen LogP contribution in [0.4, 0.5) is 5.69 Å². The zero-order valence-corrected chi connectivity index (χ0v) is 15.3. The van der Waals surface area contributed by atoms with Crippen molar-refractivity contribution in [2.45, 2.75) is 13.0 Å². The highest BCUT2D eigenvalue weighted by Gasteiger charge is 2.35. The number of likely N-dealkylation sites (tertiary alicyclic amines) is 1. The number of ether oxygens (including phenoxy) is 1. The summed E-state index contributed by atoms with van der Waals surface area (Å²) in [5.74, 6) is -1.65. The van der Waals surface area contributed by atoms with E-state index in [1.807, 2.05) is 30.3 Å². The van der Waals surface area contributed by atoms with Gasteiger partial charge in [-0.1, -0.05) is 48.0 Å². The van der Waals surface area contributed by atoms with Gasteiger partial charge in [-0.05, 0) is 23.8 Å². The van der Waals surface area contributed by atoms with E-state index in [0.717, 1.165) is 5.56 Å². The second-order valence-electron chi connectivity index (χ2n) is 6.33. The molecule has 2 amide bonds. The van der Waals surface area contributed by atoms with Crippen molar-refractivity contribution in [3.05, 3.63) is 65.2 Å². The molecular formula is C20H19ClN2O4. The average molecular weight is 387 g/mol. The maximum absolute atomic E-state index is 12.2. The summed E-state index contributed by atoms with van der Waals surface area (Å²) < 4.78 is 5.07. The number of hydrogen-bond donors (Lipinski definition) is 1. The standard InChI is InChI=1S/C20H19ClN2O4/c21-16-7-4-8-17(10-16)22-18(24)13-27-20(26)15-9-19(25)23(12-15)11-14-5-2-1-3-6-14/h1-8,10,15H,9,11-13H2,(H,22,24)/t15-/m1/s1. The Morgan fingerprint density at radius 1 is 1.15 bits per heavy atom. The first-order valence-electron chi connectivity index (χ1n) is 8.55. The molecule has 0 unspecified atom stereocenters. The molecule has 1 atom stereocenters. The van der Waals surface area contributed by atoms with Crippen molar-refractivity contribution in [2.24, 2.45) is 5.92 Å². The maximum atomic E-state index is 12.2. The number of rotatable bonds is 6. The Hall–Kier alpha value is -2.86. The molecule has 1 fully saturated rings. The lowest BCUT2D eigenvalue weighted by Crippen LogP contribution is -2.28. The number of esters is 1. The quantitative estimate of drug-likeness (QED) is 0.774. The van der Waals surface area contributed by atoms with E-state index in [-0.39, 0.29) is 12.3 Å². The van der Waals surface area contributed by atoms with Gasteiger partial charge in [0.25, 0.3) is 5.91 Å². The summed E-state index contributed by atoms with van der Waals surface area (Å²) in [6.07, 6.45) is 0.0988. The predicted octanol–water partition coefficient (Wildman–Crippen LogP) is 2.87. The zero-order chi connectivity index (χ0) is 19.2. The van der Waals surface area contributed by atoms with Gasteiger partial charge in [0.15, 0.2) is 6.61 Å². The molecule has 0 spiro atoms. The first kappa shape index (κ1) is 18.9. The highest BCUT2D eigenvalue weighted by molar-refractivity contribution is 6.30. The van der Waals surface area contributed by atoms with Crippen LogP contribution in [-0.4, -0.2) is 35.8 Å². The van der Waals surface area contributed by atoms with Crippen LogP contribution in [0.15, 0.2) is 54.6 Å². The van der Waals surface area contributed by atoms with E-state index in [9.17, 15) is 14.4 Å². The van der Waals surface area contributed by atoms with Crippen LogP contribution < -0.4 is 5.32 Å². The molecule has 1 heterocycles. The highest BCUT2D eigenvalue weighted by atomic mass is 35.5. The van der Waals surface area contributed by atoms with Gasteiger partial charge in [0.05, 0.1) is 5.92 Å². The molecule has 1 N–H and O–H groups in total. The van der Waals surface area contributed by atoms with Crippen molar-refractivity contribution >= 4 is 35.1 Å². The molecule has 0 aliphatic carbocycles. The van der Waals surface area contributed by atoms with Crippen molar-refractivity contribution < 1.29 is 19.1 Å². The van der Waals surface area contributed by atoms with Crippen molar-refractivity contribution in [1.29, 1.82) is 0 Å². The van der Waals surface area contributed by atoms with Crippen molar-refractivity contribution in [2.75, 3.05) is 18.5 Å². The molecule has 0 aromatic heterocycles. The minimum atomic E-state index is -0.555. The largest absolute Gasteiger partial charge is 0.455 e. The van der Waals surface area contributed by atoms with Crippen LogP contribution in [0.2, 0.25) is 5.02 Å². The molecule has 2 aromatic rings. The minimum Gasteiger partial charge on any atom is -0.455 e. The van der Waals surface area contributed by atoms with Gasteiger partial charge in [0.1, 0.15) is 0 Å². The Morgan fingerprint density at radius 3 is 2.67 bits per heavy atom. The normalized spacial score (nSPS) is 16.3. The van der Waals surface area contributed by atoms with Crippen LogP contribution >= 0.6 is 11.6 Å². The van der Waals surface area contributed by atoms with Crippen molar-refractivity contribution in [3.8, 4) is 0 Å². The lowest BCUT2D eigenvalue weighted by molar-refractivity contribution is -0.151. The molecule has 140 valence electrons. The molecule has 0 saturated carbocycles. The van der Waals surface area contributed by atoms with Crippen LogP contribution in [0.3, 0.4) is 0 Å². The number of nitrogens with one attached hydrogen (secondary N) is 1. The van der Waals surface area contributed by atoms with E-state index in [1.54, 1.807) is 29.2 Å². The number of amides is 2. The summed E-state index contributed by atoms with van der Waals surface area (Å²) in [5, 5.41) is 3.09. The fourth-order valence-corrected chi connectivity index (χ4v) is 3.09. The molecule has 27 heavy (non-hydrogen) atoms. The van der Waals surface area contributed by atoms with Gasteiger partial charge < -0.3 is 15.0 Å². The first-order chi connectivity index (χ1) is 13.0. The van der Waals surface area contributed by atoms with E-state index in [4.69, 9.17) is 16.3 Å². The number of nitrogens with zero attached hydrogens (tertiary/aromatic N) is 1. The molecule has 6 nitrogen and oxygen atoms in total. The maximum Gasteiger partial charge on any atom is 0.311 e. The van der Waals surface area contributed by atoms with Gasteiger partial charge in [0, 0.05) is 30.2 Å². The summed E-state index contributed by atoms with van der Waals surface area (Å²) in [7, 11) is 0. The molecule has 0 bridgehead atoms. The van der Waals surface area contributed by atoms with Gasteiger partial charge >= 0.3 is 5.97 Å².